The highest BCUT2D eigenvalue weighted by atomic mass is 32.2. The predicted molar refractivity (Wildman–Crippen MR) is 153 cm³/mol. The number of Topliss-reactive ketones (excluding diaryl/α,β-unsaturated/α-hetero) is 1. The Morgan fingerprint density at radius 2 is 1.35 bits per heavy atom. The number of ether oxygens (including phenoxy) is 1. The average molecular weight is 539 g/mol. The highest BCUT2D eigenvalue weighted by Gasteiger charge is 2.33. The van der Waals surface area contributed by atoms with Gasteiger partial charge >= 0.3 is 0 Å². The van der Waals surface area contributed by atoms with Gasteiger partial charge in [0.2, 0.25) is 15.9 Å². The number of nitrogens with two attached hydrogens (primary N) is 1. The lowest BCUT2D eigenvalue weighted by molar-refractivity contribution is -0.114. The molecule has 0 aliphatic rings. The Morgan fingerprint density at radius 3 is 1.81 bits per heavy atom. The van der Waals surface area contributed by atoms with E-state index in [1.165, 1.54) is 104 Å². The van der Waals surface area contributed by atoms with Gasteiger partial charge in [-0.1, -0.05) is 104 Å². The molecule has 0 aliphatic carbocycles. The number of ketones is 1. The van der Waals surface area contributed by atoms with Crippen LogP contribution in [0.25, 0.3) is 0 Å². The lowest BCUT2D eigenvalue weighted by Gasteiger charge is -2.22. The van der Waals surface area contributed by atoms with Gasteiger partial charge in [0.05, 0.1) is 18.0 Å². The second kappa shape index (κ2) is 17.6. The van der Waals surface area contributed by atoms with E-state index in [2.05, 4.69) is 12.2 Å². The molecule has 0 radical (unpaired) electrons. The van der Waals surface area contributed by atoms with Crippen LogP contribution in [0, 0.1) is 5.41 Å². The lowest BCUT2D eigenvalue weighted by Crippen LogP contribution is -2.35. The maximum absolute atomic E-state index is 12.9. The second-order valence-corrected chi connectivity index (χ2v) is 12.5. The van der Waals surface area contributed by atoms with Gasteiger partial charge in [-0.15, -0.1) is 0 Å². The summed E-state index contributed by atoms with van der Waals surface area (Å²) in [6.07, 6.45) is 18.0. The van der Waals surface area contributed by atoms with Crippen molar-refractivity contribution in [1.29, 1.82) is 0 Å². The summed E-state index contributed by atoms with van der Waals surface area (Å²) in [5, 5.41) is 7.86. The lowest BCUT2D eigenvalue weighted by atomic mass is 9.86. The molecule has 0 heterocycles. The SMILES string of the molecule is CCCCCCCCCCCCCCCCOc1ccc(C(=O)C(C)(C)CS(N)(=O)=O)cc1NC(C)=O. The molecule has 0 aromatic heterocycles. The van der Waals surface area contributed by atoms with Crippen molar-refractivity contribution in [3.8, 4) is 5.75 Å². The molecule has 0 bridgehead atoms. The van der Waals surface area contributed by atoms with Crippen LogP contribution in [0.3, 0.4) is 0 Å². The Labute approximate surface area is 225 Å². The molecule has 1 aromatic rings. The molecule has 1 aromatic carbocycles. The van der Waals surface area contributed by atoms with Crippen molar-refractivity contribution < 1.29 is 22.7 Å². The standard InChI is InChI=1S/C29H50N2O5S/c1-5-6-7-8-9-10-11-12-13-14-15-16-17-18-21-36-27-20-19-25(22-26(27)31-24(2)32)28(33)29(3,4)23-37(30,34)35/h19-20,22H,5-18,21,23H2,1-4H3,(H,31,32)(H2,30,34,35). The molecule has 0 atom stereocenters. The van der Waals surface area contributed by atoms with Gasteiger partial charge in [-0.25, -0.2) is 13.6 Å². The van der Waals surface area contributed by atoms with Gasteiger partial charge in [0, 0.05) is 17.9 Å². The van der Waals surface area contributed by atoms with Crippen LogP contribution in [0.4, 0.5) is 5.69 Å². The zero-order valence-electron chi connectivity index (χ0n) is 23.6. The van der Waals surface area contributed by atoms with Gasteiger partial charge in [-0.2, -0.15) is 0 Å². The quantitative estimate of drug-likeness (QED) is 0.129. The summed E-state index contributed by atoms with van der Waals surface area (Å²) in [5.74, 6) is -0.627. The molecule has 0 saturated heterocycles. The molecule has 3 N–H and O–H groups in total. The maximum atomic E-state index is 12.9. The number of nitrogens with one attached hydrogen (secondary N) is 1. The average Bonchev–Trinajstić information content (AvgIpc) is 2.80. The third-order valence-electron chi connectivity index (χ3n) is 6.48. The van der Waals surface area contributed by atoms with Gasteiger partial charge in [0.1, 0.15) is 5.75 Å². The maximum Gasteiger partial charge on any atom is 0.221 e. The monoisotopic (exact) mass is 538 g/mol. The van der Waals surface area contributed by atoms with Crippen LogP contribution < -0.4 is 15.2 Å². The molecule has 37 heavy (non-hydrogen) atoms. The number of carbonyl (C=O) groups excluding carboxylic acids is 2. The van der Waals surface area contributed by atoms with Crippen LogP contribution in [-0.2, 0) is 14.8 Å². The fourth-order valence-corrected chi connectivity index (χ4v) is 5.66. The van der Waals surface area contributed by atoms with E-state index >= 15 is 0 Å². The molecule has 1 amide bonds. The largest absolute Gasteiger partial charge is 0.491 e. The normalized spacial score (nSPS) is 11.9. The highest BCUT2D eigenvalue weighted by Crippen LogP contribution is 2.30. The van der Waals surface area contributed by atoms with E-state index in [1.54, 1.807) is 12.1 Å². The molecule has 212 valence electrons. The van der Waals surface area contributed by atoms with Crippen molar-refractivity contribution in [1.82, 2.24) is 0 Å². The topological polar surface area (TPSA) is 116 Å². The Kier molecular flexibility index (Phi) is 15.7. The molecule has 0 aliphatic heterocycles. The fraction of sp³-hybridized carbons (Fsp3) is 0.724. The van der Waals surface area contributed by atoms with Crippen molar-refractivity contribution >= 4 is 27.4 Å². The van der Waals surface area contributed by atoms with Crippen LogP contribution in [0.5, 0.6) is 5.75 Å². The first kappa shape index (κ1) is 33.1. The van der Waals surface area contributed by atoms with Gasteiger partial charge < -0.3 is 10.1 Å². The van der Waals surface area contributed by atoms with Crippen LogP contribution in [0.2, 0.25) is 0 Å². The summed E-state index contributed by atoms with van der Waals surface area (Å²) < 4.78 is 28.9. The number of hydrogen-bond acceptors (Lipinski definition) is 5. The molecule has 0 unspecified atom stereocenters. The number of benzene rings is 1. The molecule has 0 spiro atoms. The molecular formula is C29H50N2O5S. The number of primary sulfonamides is 1. The summed E-state index contributed by atoms with van der Waals surface area (Å²) >= 11 is 0. The van der Waals surface area contributed by atoms with E-state index in [0.717, 1.165) is 12.8 Å². The Hall–Kier alpha value is -1.93. The van der Waals surface area contributed by atoms with Crippen molar-refractivity contribution in [2.45, 2.75) is 118 Å². The van der Waals surface area contributed by atoms with Crippen molar-refractivity contribution in [3.63, 3.8) is 0 Å². The van der Waals surface area contributed by atoms with E-state index in [-0.39, 0.29) is 11.7 Å². The van der Waals surface area contributed by atoms with E-state index in [9.17, 15) is 18.0 Å². The number of unbranched alkanes of at least 4 members (excludes halogenated alkanes) is 13. The van der Waals surface area contributed by atoms with Crippen LogP contribution in [0.1, 0.15) is 128 Å². The zero-order chi connectivity index (χ0) is 27.7. The Morgan fingerprint density at radius 1 is 0.865 bits per heavy atom. The van der Waals surface area contributed by atoms with Crippen molar-refractivity contribution in [2.24, 2.45) is 10.6 Å². The first-order chi connectivity index (χ1) is 17.5. The second-order valence-electron chi connectivity index (χ2n) is 10.9. The third-order valence-corrected chi connectivity index (χ3v) is 7.61. The molecule has 8 heteroatoms. The molecule has 0 saturated carbocycles. The first-order valence-electron chi connectivity index (χ1n) is 14.1. The van der Waals surface area contributed by atoms with Gasteiger partial charge in [-0.3, -0.25) is 9.59 Å². The zero-order valence-corrected chi connectivity index (χ0v) is 24.4. The summed E-state index contributed by atoms with van der Waals surface area (Å²) in [4.78, 5) is 24.6. The highest BCUT2D eigenvalue weighted by molar-refractivity contribution is 7.89. The van der Waals surface area contributed by atoms with Crippen LogP contribution >= 0.6 is 0 Å². The number of rotatable bonds is 21. The first-order valence-corrected chi connectivity index (χ1v) is 15.8. The molecule has 7 nitrogen and oxygen atoms in total. The number of hydrogen-bond donors (Lipinski definition) is 2. The van der Waals surface area contributed by atoms with Gasteiger partial charge in [0.25, 0.3) is 0 Å². The minimum absolute atomic E-state index is 0.283. The molecule has 0 fully saturated rings. The van der Waals surface area contributed by atoms with E-state index in [1.807, 2.05) is 0 Å². The summed E-state index contributed by atoms with van der Waals surface area (Å²) in [5.41, 5.74) is -0.506. The van der Waals surface area contributed by atoms with Crippen molar-refractivity contribution in [2.75, 3.05) is 17.7 Å². The number of amides is 1. The third kappa shape index (κ3) is 15.2. The summed E-state index contributed by atoms with van der Waals surface area (Å²) in [6, 6.07) is 4.78. The van der Waals surface area contributed by atoms with E-state index in [0.29, 0.717) is 23.6 Å². The van der Waals surface area contributed by atoms with Gasteiger partial charge in [-0.05, 0) is 24.6 Å². The van der Waals surface area contributed by atoms with E-state index < -0.39 is 21.2 Å². The Balaban J connectivity index is 2.39. The minimum Gasteiger partial charge on any atom is -0.491 e. The van der Waals surface area contributed by atoms with E-state index in [4.69, 9.17) is 9.88 Å². The fourth-order valence-electron chi connectivity index (χ4n) is 4.52. The van der Waals surface area contributed by atoms with Crippen LogP contribution in [-0.4, -0.2) is 32.5 Å². The number of anilines is 1. The van der Waals surface area contributed by atoms with Crippen molar-refractivity contribution in [3.05, 3.63) is 23.8 Å². The smallest absolute Gasteiger partial charge is 0.221 e. The minimum atomic E-state index is -3.82. The predicted octanol–water partition coefficient (Wildman–Crippen LogP) is 7.00. The summed E-state index contributed by atoms with van der Waals surface area (Å²) in [7, 11) is -3.82. The number of sulfonamides is 1. The number of carbonyl (C=O) groups is 2. The van der Waals surface area contributed by atoms with Gasteiger partial charge in [0.15, 0.2) is 5.78 Å². The Bertz CT molecular complexity index is 928. The molecule has 1 rings (SSSR count). The van der Waals surface area contributed by atoms with Crippen LogP contribution in [0.15, 0.2) is 18.2 Å². The molecular weight excluding hydrogens is 488 g/mol. The summed E-state index contributed by atoms with van der Waals surface area (Å²) in [6.45, 7) is 7.24.